The number of hydrogen-bond donors (Lipinski definition) is 1. The van der Waals surface area contributed by atoms with Crippen LogP contribution in [0.4, 0.5) is 13.6 Å². The fraction of sp³-hybridized carbons (Fsp3) is 0.606. The number of methoxy groups -OCH3 is 2. The summed E-state index contributed by atoms with van der Waals surface area (Å²) in [4.78, 5) is 50.2. The molecule has 0 spiro atoms. The molecule has 13 heteroatoms. The number of ether oxygens (including phenoxy) is 4. The SMILES string of the molecule is COC(=O)[C@@H]1C[C@@H]2CN1C(=O)[C@H](C(C)(C)C)NC(=O)O[C@@H]1CC[C@H](C)[C@H]1CC/C=C/C(F)(F)c1nc3ccc(OC)cc3nc1O2. The topological polar surface area (TPSA) is 129 Å². The molecule has 0 unspecified atom stereocenters. The molecule has 11 nitrogen and oxygen atoms in total. The molecule has 1 aromatic carbocycles. The molecular formula is C33H42F2N4O7. The highest BCUT2D eigenvalue weighted by Gasteiger charge is 2.48. The summed E-state index contributed by atoms with van der Waals surface area (Å²) in [5, 5.41) is 2.76. The van der Waals surface area contributed by atoms with Gasteiger partial charge >= 0.3 is 18.0 Å². The molecule has 2 bridgehead atoms. The van der Waals surface area contributed by atoms with Crippen molar-refractivity contribution in [1.29, 1.82) is 0 Å². The normalized spacial score (nSPS) is 29.3. The molecule has 2 aromatic rings. The van der Waals surface area contributed by atoms with E-state index in [1.807, 2.05) is 0 Å². The quantitative estimate of drug-likeness (QED) is 0.348. The molecule has 5 rings (SSSR count). The van der Waals surface area contributed by atoms with Crippen molar-refractivity contribution in [3.63, 3.8) is 0 Å². The summed E-state index contributed by atoms with van der Waals surface area (Å²) in [6, 6.07) is 2.54. The molecule has 1 N–H and O–H groups in total. The van der Waals surface area contributed by atoms with Gasteiger partial charge in [0.1, 0.15) is 30.0 Å². The Labute approximate surface area is 267 Å². The van der Waals surface area contributed by atoms with Crippen molar-refractivity contribution in [2.45, 2.75) is 90.0 Å². The number of esters is 1. The van der Waals surface area contributed by atoms with Gasteiger partial charge in [-0.15, -0.1) is 0 Å². The molecular weight excluding hydrogens is 602 g/mol. The number of carbonyl (C=O) groups excluding carboxylic acids is 3. The largest absolute Gasteiger partial charge is 0.497 e. The first-order valence-electron chi connectivity index (χ1n) is 15.7. The maximum Gasteiger partial charge on any atom is 0.408 e. The number of nitrogens with zero attached hydrogens (tertiary/aromatic N) is 3. The second-order valence-electron chi connectivity index (χ2n) is 13.4. The van der Waals surface area contributed by atoms with Gasteiger partial charge in [0.25, 0.3) is 0 Å². The van der Waals surface area contributed by atoms with Gasteiger partial charge < -0.3 is 29.2 Å². The Morgan fingerprint density at radius 1 is 1.09 bits per heavy atom. The van der Waals surface area contributed by atoms with Crippen LogP contribution in [0.25, 0.3) is 11.0 Å². The number of rotatable bonds is 2. The lowest BCUT2D eigenvalue weighted by molar-refractivity contribution is -0.152. The fourth-order valence-electron chi connectivity index (χ4n) is 6.63. The second-order valence-corrected chi connectivity index (χ2v) is 13.4. The number of allylic oxidation sites excluding steroid dienone is 2. The van der Waals surface area contributed by atoms with Crippen molar-refractivity contribution in [3.05, 3.63) is 36.0 Å². The minimum absolute atomic E-state index is 0.0518. The lowest BCUT2D eigenvalue weighted by Crippen LogP contribution is -2.57. The van der Waals surface area contributed by atoms with Crippen LogP contribution in [0.3, 0.4) is 0 Å². The number of hydrogen-bond acceptors (Lipinski definition) is 9. The first-order valence-corrected chi connectivity index (χ1v) is 15.7. The molecule has 46 heavy (non-hydrogen) atoms. The highest BCUT2D eigenvalue weighted by Crippen LogP contribution is 2.40. The number of alkyl carbamates (subject to hydrolysis) is 1. The van der Waals surface area contributed by atoms with E-state index in [-0.39, 0.29) is 35.8 Å². The Bertz CT molecular complexity index is 1510. The molecule has 3 heterocycles. The van der Waals surface area contributed by atoms with E-state index in [1.165, 1.54) is 25.2 Å². The van der Waals surface area contributed by atoms with Crippen molar-refractivity contribution < 1.29 is 42.1 Å². The van der Waals surface area contributed by atoms with E-state index < -0.39 is 65.2 Å². The molecule has 6 atom stereocenters. The zero-order valence-electron chi connectivity index (χ0n) is 27.0. The molecule has 2 amide bonds. The smallest absolute Gasteiger partial charge is 0.408 e. The van der Waals surface area contributed by atoms with Crippen LogP contribution in [-0.2, 0) is 25.0 Å². The van der Waals surface area contributed by atoms with E-state index in [0.717, 1.165) is 12.5 Å². The first kappa shape index (κ1) is 33.3. The van der Waals surface area contributed by atoms with Crippen molar-refractivity contribution >= 4 is 29.0 Å². The Balaban J connectivity index is 1.59. The number of carbonyl (C=O) groups is 3. The number of amides is 2. The number of benzene rings is 1. The van der Waals surface area contributed by atoms with E-state index in [4.69, 9.17) is 18.9 Å². The summed E-state index contributed by atoms with van der Waals surface area (Å²) in [6.07, 6.45) is 2.35. The first-order chi connectivity index (χ1) is 21.7. The van der Waals surface area contributed by atoms with Gasteiger partial charge in [-0.1, -0.05) is 33.8 Å². The third-order valence-electron chi connectivity index (χ3n) is 9.19. The number of alkyl halides is 2. The Morgan fingerprint density at radius 3 is 2.54 bits per heavy atom. The minimum atomic E-state index is -3.56. The lowest BCUT2D eigenvalue weighted by Gasteiger charge is -2.35. The van der Waals surface area contributed by atoms with E-state index in [2.05, 4.69) is 22.2 Å². The third-order valence-corrected chi connectivity index (χ3v) is 9.19. The zero-order valence-corrected chi connectivity index (χ0v) is 27.0. The van der Waals surface area contributed by atoms with Crippen LogP contribution in [-0.4, -0.2) is 77.9 Å². The Hall–Kier alpha value is -4.03. The number of fused-ring (bicyclic) bond motifs is 5. The molecule has 0 radical (unpaired) electrons. The fourth-order valence-corrected chi connectivity index (χ4v) is 6.63. The average molecular weight is 645 g/mol. The van der Waals surface area contributed by atoms with Gasteiger partial charge in [0.05, 0.1) is 31.8 Å². The summed E-state index contributed by atoms with van der Waals surface area (Å²) < 4.78 is 54.1. The molecule has 1 aliphatic carbocycles. The summed E-state index contributed by atoms with van der Waals surface area (Å²) >= 11 is 0. The van der Waals surface area contributed by atoms with Crippen LogP contribution in [0, 0.1) is 17.3 Å². The molecule has 1 saturated carbocycles. The molecule has 2 fully saturated rings. The third kappa shape index (κ3) is 6.87. The van der Waals surface area contributed by atoms with Crippen molar-refractivity contribution in [3.8, 4) is 11.6 Å². The van der Waals surface area contributed by atoms with Gasteiger partial charge in [0.15, 0.2) is 5.69 Å². The van der Waals surface area contributed by atoms with E-state index in [0.29, 0.717) is 25.0 Å². The van der Waals surface area contributed by atoms with Crippen LogP contribution in [0.5, 0.6) is 11.6 Å². The van der Waals surface area contributed by atoms with Crippen LogP contribution in [0.1, 0.15) is 65.5 Å². The van der Waals surface area contributed by atoms with Crippen molar-refractivity contribution in [2.75, 3.05) is 20.8 Å². The van der Waals surface area contributed by atoms with Gasteiger partial charge in [-0.2, -0.15) is 8.78 Å². The highest BCUT2D eigenvalue weighted by atomic mass is 19.3. The summed E-state index contributed by atoms with van der Waals surface area (Å²) in [5.74, 6) is -4.62. The Morgan fingerprint density at radius 2 is 1.85 bits per heavy atom. The number of aromatic nitrogens is 2. The van der Waals surface area contributed by atoms with Crippen LogP contribution >= 0.6 is 0 Å². The van der Waals surface area contributed by atoms with Gasteiger partial charge in [-0.05, 0) is 61.1 Å². The summed E-state index contributed by atoms with van der Waals surface area (Å²) in [7, 11) is 2.67. The number of halogens is 2. The van der Waals surface area contributed by atoms with Gasteiger partial charge in [-0.25, -0.2) is 19.6 Å². The van der Waals surface area contributed by atoms with E-state index in [1.54, 1.807) is 39.0 Å². The van der Waals surface area contributed by atoms with Crippen LogP contribution in [0.15, 0.2) is 30.4 Å². The molecule has 1 aromatic heterocycles. The van der Waals surface area contributed by atoms with Gasteiger partial charge in [0, 0.05) is 12.5 Å². The highest BCUT2D eigenvalue weighted by molar-refractivity contribution is 5.91. The molecule has 2 aliphatic heterocycles. The average Bonchev–Trinajstić information content (AvgIpc) is 3.58. The van der Waals surface area contributed by atoms with Crippen molar-refractivity contribution in [1.82, 2.24) is 20.2 Å². The van der Waals surface area contributed by atoms with Crippen LogP contribution in [0.2, 0.25) is 0 Å². The lowest BCUT2D eigenvalue weighted by atomic mass is 9.85. The minimum Gasteiger partial charge on any atom is -0.497 e. The van der Waals surface area contributed by atoms with Crippen molar-refractivity contribution in [2.24, 2.45) is 17.3 Å². The predicted octanol–water partition coefficient (Wildman–Crippen LogP) is 5.16. The van der Waals surface area contributed by atoms with Crippen LogP contribution < -0.4 is 14.8 Å². The summed E-state index contributed by atoms with van der Waals surface area (Å²) in [6.45, 7) is 7.28. The molecule has 3 aliphatic rings. The van der Waals surface area contributed by atoms with Gasteiger partial charge in [-0.3, -0.25) is 4.79 Å². The second kappa shape index (κ2) is 13.0. The van der Waals surface area contributed by atoms with E-state index in [9.17, 15) is 14.4 Å². The summed E-state index contributed by atoms with van der Waals surface area (Å²) in [5.41, 5.74) is -0.969. The molecule has 1 saturated heterocycles. The maximum atomic E-state index is 15.9. The van der Waals surface area contributed by atoms with Gasteiger partial charge in [0.2, 0.25) is 11.8 Å². The zero-order chi connectivity index (χ0) is 33.4. The predicted molar refractivity (Wildman–Crippen MR) is 163 cm³/mol. The number of nitrogens with one attached hydrogen (secondary N) is 1. The molecule has 250 valence electrons. The Kier molecular flexibility index (Phi) is 9.42. The monoisotopic (exact) mass is 644 g/mol. The van der Waals surface area contributed by atoms with E-state index >= 15 is 8.78 Å². The maximum absolute atomic E-state index is 15.9. The standard InChI is InChI=1S/C33H42F2N4O7/c1-18-10-13-25-21(18)9-7-8-14-33(34,35)26-28(37-23-15-19(43-5)11-12-22(23)36-26)45-20-16-24(30(41)44-6)39(17-20)29(40)27(32(2,3)4)38-31(42)46-25/h8,11-12,14-15,18,20-21,24-25,27H,7,9-10,13,16-17H2,1-6H3,(H,38,42)/b14-8+/t18-,20+,21+,24-,25+,27+/m0/s1.